The van der Waals surface area contributed by atoms with Crippen LogP contribution in [0, 0.1) is 17.7 Å². The SMILES string of the molecule is Fc1ccc(CNNc2ccccc2)c(C#Cc2ccccc2)c1. The molecule has 3 heteroatoms. The highest BCUT2D eigenvalue weighted by Gasteiger charge is 2.02. The molecule has 0 amide bonds. The second kappa shape index (κ2) is 7.96. The number of hydrogen-bond donors (Lipinski definition) is 2. The van der Waals surface area contributed by atoms with Crippen LogP contribution in [0.1, 0.15) is 16.7 Å². The van der Waals surface area contributed by atoms with E-state index in [2.05, 4.69) is 22.7 Å². The van der Waals surface area contributed by atoms with Crippen LogP contribution in [0.4, 0.5) is 10.1 Å². The van der Waals surface area contributed by atoms with Crippen molar-refractivity contribution in [1.29, 1.82) is 0 Å². The summed E-state index contributed by atoms with van der Waals surface area (Å²) in [5, 5.41) is 0. The van der Waals surface area contributed by atoms with E-state index in [-0.39, 0.29) is 5.82 Å². The zero-order valence-corrected chi connectivity index (χ0v) is 13.1. The normalized spacial score (nSPS) is 9.88. The molecule has 24 heavy (non-hydrogen) atoms. The van der Waals surface area contributed by atoms with Crippen molar-refractivity contribution in [1.82, 2.24) is 5.43 Å². The van der Waals surface area contributed by atoms with E-state index >= 15 is 0 Å². The predicted molar refractivity (Wildman–Crippen MR) is 95.7 cm³/mol. The Morgan fingerprint density at radius 1 is 0.792 bits per heavy atom. The van der Waals surface area contributed by atoms with Gasteiger partial charge in [0.05, 0.1) is 0 Å². The number of anilines is 1. The Bertz CT molecular complexity index is 849. The van der Waals surface area contributed by atoms with Crippen LogP contribution in [0.25, 0.3) is 0 Å². The molecular weight excluding hydrogens is 299 g/mol. The minimum Gasteiger partial charge on any atom is -0.321 e. The Morgan fingerprint density at radius 2 is 1.50 bits per heavy atom. The second-order valence-electron chi connectivity index (χ2n) is 5.26. The molecule has 0 heterocycles. The van der Waals surface area contributed by atoms with E-state index < -0.39 is 0 Å². The maximum absolute atomic E-state index is 13.6. The van der Waals surface area contributed by atoms with Gasteiger partial charge in [-0.25, -0.2) is 9.82 Å². The fourth-order valence-electron chi connectivity index (χ4n) is 2.24. The fourth-order valence-corrected chi connectivity index (χ4v) is 2.24. The maximum atomic E-state index is 13.6. The minimum atomic E-state index is -0.285. The number of hydrogen-bond acceptors (Lipinski definition) is 2. The van der Waals surface area contributed by atoms with Crippen molar-refractivity contribution in [3.05, 3.63) is 101 Å². The summed E-state index contributed by atoms with van der Waals surface area (Å²) in [6, 6.07) is 24.2. The van der Waals surface area contributed by atoms with Crippen LogP contribution in [0.2, 0.25) is 0 Å². The lowest BCUT2D eigenvalue weighted by Crippen LogP contribution is -2.21. The van der Waals surface area contributed by atoms with Gasteiger partial charge in [0, 0.05) is 23.4 Å². The Balaban J connectivity index is 1.73. The van der Waals surface area contributed by atoms with Gasteiger partial charge in [-0.15, -0.1) is 0 Å². The first kappa shape index (κ1) is 15.8. The molecule has 0 spiro atoms. The van der Waals surface area contributed by atoms with E-state index in [9.17, 15) is 4.39 Å². The van der Waals surface area contributed by atoms with Gasteiger partial charge in [0.2, 0.25) is 0 Å². The summed E-state index contributed by atoms with van der Waals surface area (Å²) in [7, 11) is 0. The number of nitrogens with one attached hydrogen (secondary N) is 2. The van der Waals surface area contributed by atoms with Crippen LogP contribution in [0.3, 0.4) is 0 Å². The van der Waals surface area contributed by atoms with Gasteiger partial charge in [0.1, 0.15) is 5.82 Å². The maximum Gasteiger partial charge on any atom is 0.124 e. The fraction of sp³-hybridized carbons (Fsp3) is 0.0476. The summed E-state index contributed by atoms with van der Waals surface area (Å²) in [6.45, 7) is 0.536. The van der Waals surface area contributed by atoms with Crippen LogP contribution in [-0.2, 0) is 6.54 Å². The van der Waals surface area contributed by atoms with Gasteiger partial charge in [-0.2, -0.15) is 0 Å². The topological polar surface area (TPSA) is 24.1 Å². The third-order valence-corrected chi connectivity index (χ3v) is 3.47. The molecule has 0 aliphatic heterocycles. The van der Waals surface area contributed by atoms with Crippen molar-refractivity contribution < 1.29 is 4.39 Å². The lowest BCUT2D eigenvalue weighted by molar-refractivity contribution is 0.625. The van der Waals surface area contributed by atoms with Gasteiger partial charge in [-0.1, -0.05) is 54.3 Å². The largest absolute Gasteiger partial charge is 0.321 e. The Labute approximate surface area is 141 Å². The average molecular weight is 316 g/mol. The predicted octanol–water partition coefficient (Wildman–Crippen LogP) is 4.34. The highest BCUT2D eigenvalue weighted by Crippen LogP contribution is 2.11. The molecule has 0 aliphatic carbocycles. The number of hydrazine groups is 1. The number of benzene rings is 3. The molecule has 0 saturated carbocycles. The first-order valence-corrected chi connectivity index (χ1v) is 7.71. The molecule has 0 bridgehead atoms. The summed E-state index contributed by atoms with van der Waals surface area (Å²) in [5.74, 6) is 5.85. The standard InChI is InChI=1S/C21H17FN2/c22-20-14-13-19(16-23-24-21-9-5-2-6-10-21)18(15-20)12-11-17-7-3-1-4-8-17/h1-10,13-15,23-24H,16H2. The van der Waals surface area contributed by atoms with E-state index in [1.165, 1.54) is 12.1 Å². The summed E-state index contributed by atoms with van der Waals surface area (Å²) in [4.78, 5) is 0. The van der Waals surface area contributed by atoms with Gasteiger partial charge >= 0.3 is 0 Å². The quantitative estimate of drug-likeness (QED) is 0.552. The van der Waals surface area contributed by atoms with Crippen LogP contribution < -0.4 is 10.9 Å². The van der Waals surface area contributed by atoms with Gasteiger partial charge in [-0.05, 0) is 42.0 Å². The van der Waals surface area contributed by atoms with Crippen LogP contribution in [0.15, 0.2) is 78.9 Å². The minimum absolute atomic E-state index is 0.285. The van der Waals surface area contributed by atoms with Crippen molar-refractivity contribution in [3.8, 4) is 11.8 Å². The van der Waals surface area contributed by atoms with Gasteiger partial charge < -0.3 is 5.43 Å². The number of halogens is 1. The van der Waals surface area contributed by atoms with Gasteiger partial charge in [0.15, 0.2) is 0 Å². The van der Waals surface area contributed by atoms with Crippen LogP contribution >= 0.6 is 0 Å². The van der Waals surface area contributed by atoms with Crippen LogP contribution in [-0.4, -0.2) is 0 Å². The molecule has 0 atom stereocenters. The molecule has 3 rings (SSSR count). The number of para-hydroxylation sites is 1. The third-order valence-electron chi connectivity index (χ3n) is 3.47. The smallest absolute Gasteiger partial charge is 0.124 e. The molecule has 118 valence electrons. The van der Waals surface area contributed by atoms with E-state index in [1.54, 1.807) is 6.07 Å². The monoisotopic (exact) mass is 316 g/mol. The Morgan fingerprint density at radius 3 is 2.25 bits per heavy atom. The first-order valence-electron chi connectivity index (χ1n) is 7.71. The van der Waals surface area contributed by atoms with E-state index in [4.69, 9.17) is 0 Å². The third kappa shape index (κ3) is 4.45. The highest BCUT2D eigenvalue weighted by atomic mass is 19.1. The van der Waals surface area contributed by atoms with Gasteiger partial charge in [-0.3, -0.25) is 0 Å². The molecule has 3 aromatic rings. The summed E-state index contributed by atoms with van der Waals surface area (Å²) in [5.41, 5.74) is 9.74. The van der Waals surface area contributed by atoms with Gasteiger partial charge in [0.25, 0.3) is 0 Å². The number of rotatable bonds is 4. The summed E-state index contributed by atoms with van der Waals surface area (Å²) >= 11 is 0. The summed E-state index contributed by atoms with van der Waals surface area (Å²) < 4.78 is 13.6. The summed E-state index contributed by atoms with van der Waals surface area (Å²) in [6.07, 6.45) is 0. The molecule has 0 radical (unpaired) electrons. The Hall–Kier alpha value is -3.09. The van der Waals surface area contributed by atoms with E-state index in [0.29, 0.717) is 12.1 Å². The molecule has 0 fully saturated rings. The zero-order chi connectivity index (χ0) is 16.6. The first-order chi connectivity index (χ1) is 11.8. The molecule has 3 aromatic carbocycles. The van der Waals surface area contributed by atoms with Crippen molar-refractivity contribution in [2.24, 2.45) is 0 Å². The lowest BCUT2D eigenvalue weighted by atomic mass is 10.1. The van der Waals surface area contributed by atoms with Crippen molar-refractivity contribution in [3.63, 3.8) is 0 Å². The molecule has 2 nitrogen and oxygen atoms in total. The van der Waals surface area contributed by atoms with Crippen molar-refractivity contribution in [2.75, 3.05) is 5.43 Å². The second-order valence-corrected chi connectivity index (χ2v) is 5.26. The molecule has 0 unspecified atom stereocenters. The molecule has 2 N–H and O–H groups in total. The Kier molecular flexibility index (Phi) is 5.24. The molecule has 0 aromatic heterocycles. The molecule has 0 aliphatic rings. The van der Waals surface area contributed by atoms with E-state index in [0.717, 1.165) is 16.8 Å². The lowest BCUT2D eigenvalue weighted by Gasteiger charge is -2.10. The average Bonchev–Trinajstić information content (AvgIpc) is 2.63. The van der Waals surface area contributed by atoms with Crippen LogP contribution in [0.5, 0.6) is 0 Å². The highest BCUT2D eigenvalue weighted by molar-refractivity contribution is 5.47. The van der Waals surface area contributed by atoms with E-state index in [1.807, 2.05) is 60.7 Å². The molecular formula is C21H17FN2. The zero-order valence-electron chi connectivity index (χ0n) is 13.1. The van der Waals surface area contributed by atoms with Crippen molar-refractivity contribution in [2.45, 2.75) is 6.54 Å². The van der Waals surface area contributed by atoms with Crippen molar-refractivity contribution >= 4 is 5.69 Å². The molecule has 0 saturated heterocycles.